The fourth-order valence-corrected chi connectivity index (χ4v) is 9.27. The first-order chi connectivity index (χ1) is 29.2. The van der Waals surface area contributed by atoms with Gasteiger partial charge in [0.2, 0.25) is 0 Å². The smallest absolute Gasteiger partial charge is 0.0991 e. The highest BCUT2D eigenvalue weighted by Crippen LogP contribution is 2.58. The van der Waals surface area contributed by atoms with E-state index in [1.807, 2.05) is 18.2 Å². The first kappa shape index (κ1) is 34.3. The summed E-state index contributed by atoms with van der Waals surface area (Å²) >= 11 is 0. The molecular formula is C57H36N2. The number of fused-ring (bicyclic) bond motifs is 4. The molecule has 0 spiro atoms. The lowest BCUT2D eigenvalue weighted by molar-refractivity contribution is 1.28. The van der Waals surface area contributed by atoms with Crippen molar-refractivity contribution in [2.45, 2.75) is 0 Å². The lowest BCUT2D eigenvalue weighted by atomic mass is 9.82. The Balaban J connectivity index is 1.10. The van der Waals surface area contributed by atoms with Crippen LogP contribution in [0.15, 0.2) is 218 Å². The normalized spacial score (nSPS) is 11.4. The molecule has 0 bridgehead atoms. The maximum Gasteiger partial charge on any atom is 0.0991 e. The van der Waals surface area contributed by atoms with E-state index in [4.69, 9.17) is 0 Å². The van der Waals surface area contributed by atoms with E-state index in [1.54, 1.807) is 0 Å². The number of hydrogen-bond donors (Lipinski definition) is 0. The summed E-state index contributed by atoms with van der Waals surface area (Å²) in [6.07, 6.45) is 0. The van der Waals surface area contributed by atoms with Gasteiger partial charge in [-0.05, 0) is 137 Å². The molecule has 0 saturated heterocycles. The Labute approximate surface area is 344 Å². The molecular weight excluding hydrogens is 713 g/mol. The average molecular weight is 749 g/mol. The maximum absolute atomic E-state index is 9.50. The summed E-state index contributed by atoms with van der Waals surface area (Å²) in [4.78, 5) is 2.32. The minimum atomic E-state index is 0.655. The van der Waals surface area contributed by atoms with Gasteiger partial charge in [0, 0.05) is 17.1 Å². The highest BCUT2D eigenvalue weighted by Gasteiger charge is 2.31. The van der Waals surface area contributed by atoms with Gasteiger partial charge in [0.1, 0.15) is 0 Å². The highest BCUT2D eigenvalue weighted by molar-refractivity contribution is 6.28. The van der Waals surface area contributed by atoms with Crippen LogP contribution in [0.5, 0.6) is 0 Å². The summed E-state index contributed by atoms with van der Waals surface area (Å²) in [5.41, 5.74) is 18.5. The molecule has 1 aliphatic rings. The molecule has 10 aromatic carbocycles. The van der Waals surface area contributed by atoms with Crippen LogP contribution in [-0.4, -0.2) is 0 Å². The van der Waals surface area contributed by atoms with E-state index in [-0.39, 0.29) is 0 Å². The van der Waals surface area contributed by atoms with Crippen molar-refractivity contribution >= 4 is 38.6 Å². The van der Waals surface area contributed by atoms with Gasteiger partial charge in [-0.25, -0.2) is 0 Å². The number of nitrogens with zero attached hydrogens (tertiary/aromatic N) is 2. The molecule has 0 atom stereocenters. The molecule has 0 aromatic heterocycles. The molecule has 0 radical (unpaired) electrons. The van der Waals surface area contributed by atoms with E-state index in [0.717, 1.165) is 33.8 Å². The molecule has 0 fully saturated rings. The van der Waals surface area contributed by atoms with Gasteiger partial charge >= 0.3 is 0 Å². The van der Waals surface area contributed by atoms with Crippen molar-refractivity contribution in [1.29, 1.82) is 5.26 Å². The van der Waals surface area contributed by atoms with Gasteiger partial charge in [-0.15, -0.1) is 0 Å². The lowest BCUT2D eigenvalue weighted by Gasteiger charge is -2.26. The summed E-state index contributed by atoms with van der Waals surface area (Å²) in [5, 5.41) is 14.6. The Morgan fingerprint density at radius 1 is 0.305 bits per heavy atom. The third-order valence-corrected chi connectivity index (χ3v) is 11.8. The van der Waals surface area contributed by atoms with Gasteiger partial charge in [0.15, 0.2) is 0 Å². The molecule has 274 valence electrons. The zero-order valence-electron chi connectivity index (χ0n) is 32.2. The molecule has 10 aromatic rings. The van der Waals surface area contributed by atoms with Crippen molar-refractivity contribution < 1.29 is 0 Å². The number of benzene rings is 10. The summed E-state index contributed by atoms with van der Waals surface area (Å²) < 4.78 is 0. The van der Waals surface area contributed by atoms with Crippen LogP contribution in [-0.2, 0) is 0 Å². The van der Waals surface area contributed by atoms with Gasteiger partial charge in [-0.2, -0.15) is 5.26 Å². The predicted molar refractivity (Wildman–Crippen MR) is 247 cm³/mol. The van der Waals surface area contributed by atoms with Gasteiger partial charge in [-0.1, -0.05) is 170 Å². The van der Waals surface area contributed by atoms with Crippen molar-refractivity contribution in [3.05, 3.63) is 224 Å². The molecule has 0 heterocycles. The Morgan fingerprint density at radius 3 is 1.46 bits per heavy atom. The zero-order valence-corrected chi connectivity index (χ0v) is 32.2. The third kappa shape index (κ3) is 5.72. The second-order valence-electron chi connectivity index (χ2n) is 15.1. The van der Waals surface area contributed by atoms with Crippen LogP contribution in [0.25, 0.3) is 88.3 Å². The molecule has 0 aliphatic heterocycles. The topological polar surface area (TPSA) is 27.0 Å². The molecule has 0 unspecified atom stereocenters. The maximum atomic E-state index is 9.50. The molecule has 0 saturated carbocycles. The van der Waals surface area contributed by atoms with Crippen LogP contribution in [0.2, 0.25) is 0 Å². The SMILES string of the molecule is N#Cc1cccc(-c2ccc(N(c3ccccc3)c3cccc(-c4ccc5c6c(cccc46)-c4c-5c(-c5ccccc5)c5ccccc5c4-c4ccccc4)c3)cc2)c1. The third-order valence-electron chi connectivity index (χ3n) is 11.8. The van der Waals surface area contributed by atoms with Crippen LogP contribution in [0.4, 0.5) is 17.1 Å². The van der Waals surface area contributed by atoms with Crippen LogP contribution in [0.3, 0.4) is 0 Å². The number of para-hydroxylation sites is 1. The van der Waals surface area contributed by atoms with Crippen molar-refractivity contribution in [2.24, 2.45) is 0 Å². The van der Waals surface area contributed by atoms with Crippen LogP contribution < -0.4 is 4.90 Å². The fraction of sp³-hybridized carbons (Fsp3) is 0. The van der Waals surface area contributed by atoms with E-state index >= 15 is 0 Å². The Kier molecular flexibility index (Phi) is 8.24. The molecule has 59 heavy (non-hydrogen) atoms. The van der Waals surface area contributed by atoms with Crippen molar-refractivity contribution in [1.82, 2.24) is 0 Å². The summed E-state index contributed by atoms with van der Waals surface area (Å²) in [6.45, 7) is 0. The van der Waals surface area contributed by atoms with E-state index in [9.17, 15) is 5.26 Å². The molecule has 2 nitrogen and oxygen atoms in total. The van der Waals surface area contributed by atoms with E-state index in [1.165, 1.54) is 71.6 Å². The minimum Gasteiger partial charge on any atom is -0.310 e. The molecule has 0 N–H and O–H groups in total. The van der Waals surface area contributed by atoms with E-state index in [0.29, 0.717) is 5.56 Å². The van der Waals surface area contributed by atoms with E-state index < -0.39 is 0 Å². The van der Waals surface area contributed by atoms with Crippen molar-refractivity contribution in [3.8, 4) is 72.8 Å². The molecule has 0 amide bonds. The Hall–Kier alpha value is -7.99. The van der Waals surface area contributed by atoms with Gasteiger partial charge in [0.25, 0.3) is 0 Å². The number of anilines is 3. The standard InChI is InChI=1S/C57H36N2/c58-37-38-15-12-20-42(35-38)39-29-31-45(32-30-39)59(44-22-8-3-9-23-44)46-24-13-21-43(36-46)47-33-34-52-55-48(47)27-14-28-51(55)56-53(40-16-4-1-5-17-40)49-25-10-11-26-50(49)54(57(52)56)41-18-6-2-7-19-41/h1-36H. The van der Waals surface area contributed by atoms with Crippen LogP contribution >= 0.6 is 0 Å². The fourth-order valence-electron chi connectivity index (χ4n) is 9.27. The largest absolute Gasteiger partial charge is 0.310 e. The van der Waals surface area contributed by atoms with Crippen molar-refractivity contribution in [2.75, 3.05) is 4.90 Å². The second-order valence-corrected chi connectivity index (χ2v) is 15.1. The quantitative estimate of drug-likeness (QED) is 0.162. The number of nitriles is 1. The van der Waals surface area contributed by atoms with Gasteiger partial charge in [0.05, 0.1) is 11.6 Å². The second kappa shape index (κ2) is 14.2. The Morgan fingerprint density at radius 2 is 0.797 bits per heavy atom. The summed E-state index contributed by atoms with van der Waals surface area (Å²) in [5.74, 6) is 0. The van der Waals surface area contributed by atoms with Gasteiger partial charge in [-0.3, -0.25) is 0 Å². The van der Waals surface area contributed by atoms with E-state index in [2.05, 4.69) is 211 Å². The first-order valence-corrected chi connectivity index (χ1v) is 20.1. The Bertz CT molecular complexity index is 3160. The molecule has 11 rings (SSSR count). The average Bonchev–Trinajstić information content (AvgIpc) is 3.64. The minimum absolute atomic E-state index is 0.655. The zero-order chi connectivity index (χ0) is 39.3. The molecule has 1 aliphatic carbocycles. The summed E-state index contributed by atoms with van der Waals surface area (Å²) in [7, 11) is 0. The van der Waals surface area contributed by atoms with Gasteiger partial charge < -0.3 is 4.90 Å². The first-order valence-electron chi connectivity index (χ1n) is 20.1. The highest BCUT2D eigenvalue weighted by atomic mass is 15.1. The monoisotopic (exact) mass is 748 g/mol. The number of hydrogen-bond acceptors (Lipinski definition) is 2. The van der Waals surface area contributed by atoms with Crippen molar-refractivity contribution in [3.63, 3.8) is 0 Å². The number of rotatable bonds is 7. The summed E-state index contributed by atoms with van der Waals surface area (Å²) in [6, 6.07) is 80.5. The molecule has 2 heteroatoms. The van der Waals surface area contributed by atoms with Crippen LogP contribution in [0.1, 0.15) is 5.56 Å². The lowest BCUT2D eigenvalue weighted by Crippen LogP contribution is -2.09. The van der Waals surface area contributed by atoms with Crippen LogP contribution in [0, 0.1) is 11.3 Å². The predicted octanol–water partition coefficient (Wildman–Crippen LogP) is 15.6.